The summed E-state index contributed by atoms with van der Waals surface area (Å²) in [5.41, 5.74) is 0.231. The molecule has 2 rings (SSSR count). The molecular weight excluding hydrogens is 352 g/mol. The molecule has 24 heavy (non-hydrogen) atoms. The van der Waals surface area contributed by atoms with Crippen molar-refractivity contribution in [3.63, 3.8) is 0 Å². The summed E-state index contributed by atoms with van der Waals surface area (Å²) in [5, 5.41) is 8.98. The Labute approximate surface area is 147 Å². The first-order valence-corrected chi connectivity index (χ1v) is 9.20. The fourth-order valence-corrected chi connectivity index (χ4v) is 4.18. The van der Waals surface area contributed by atoms with Crippen LogP contribution in [0.3, 0.4) is 0 Å². The predicted molar refractivity (Wildman–Crippen MR) is 90.1 cm³/mol. The number of likely N-dealkylation sites (N-methyl/N-ethyl adjacent to an activating group) is 1. The maximum atomic E-state index is 12.7. The number of nitrogens with zero attached hydrogens (tertiary/aromatic N) is 4. The molecule has 1 fully saturated rings. The lowest BCUT2D eigenvalue weighted by atomic mass is 10.2. The Hall–Kier alpha value is -1.66. The van der Waals surface area contributed by atoms with E-state index in [0.29, 0.717) is 19.6 Å². The molecule has 0 saturated carbocycles. The SMILES string of the molecule is CN(C)CC(=O)N1CCN(S(=O)(=O)c2ccc(C#N)c(Cl)c2)CC1. The van der Waals surface area contributed by atoms with Crippen molar-refractivity contribution in [2.45, 2.75) is 4.90 Å². The second kappa shape index (κ2) is 7.49. The van der Waals surface area contributed by atoms with E-state index in [1.54, 1.807) is 9.80 Å². The summed E-state index contributed by atoms with van der Waals surface area (Å²) in [6.45, 7) is 1.49. The van der Waals surface area contributed by atoms with Crippen LogP contribution in [0, 0.1) is 11.3 Å². The van der Waals surface area contributed by atoms with E-state index in [1.807, 2.05) is 20.2 Å². The van der Waals surface area contributed by atoms with Gasteiger partial charge in [0.05, 0.1) is 22.0 Å². The highest BCUT2D eigenvalue weighted by Gasteiger charge is 2.30. The minimum atomic E-state index is -3.69. The van der Waals surface area contributed by atoms with Crippen LogP contribution in [0.15, 0.2) is 23.1 Å². The van der Waals surface area contributed by atoms with Gasteiger partial charge in [-0.3, -0.25) is 4.79 Å². The smallest absolute Gasteiger partial charge is 0.243 e. The van der Waals surface area contributed by atoms with E-state index in [-0.39, 0.29) is 34.5 Å². The van der Waals surface area contributed by atoms with Crippen molar-refractivity contribution in [2.75, 3.05) is 46.8 Å². The van der Waals surface area contributed by atoms with Crippen LogP contribution in [0.25, 0.3) is 0 Å². The molecule has 0 bridgehead atoms. The van der Waals surface area contributed by atoms with Gasteiger partial charge in [0, 0.05) is 26.2 Å². The lowest BCUT2D eigenvalue weighted by Crippen LogP contribution is -2.52. The summed E-state index contributed by atoms with van der Waals surface area (Å²) in [7, 11) is -0.0651. The highest BCUT2D eigenvalue weighted by molar-refractivity contribution is 7.89. The van der Waals surface area contributed by atoms with Gasteiger partial charge in [-0.05, 0) is 32.3 Å². The monoisotopic (exact) mass is 370 g/mol. The first-order chi connectivity index (χ1) is 11.3. The molecule has 1 amide bonds. The summed E-state index contributed by atoms with van der Waals surface area (Å²) in [6, 6.07) is 5.96. The zero-order chi connectivity index (χ0) is 17.9. The maximum Gasteiger partial charge on any atom is 0.243 e. The number of carbonyl (C=O) groups excluding carboxylic acids is 1. The molecule has 1 saturated heterocycles. The Morgan fingerprint density at radius 2 is 1.92 bits per heavy atom. The van der Waals surface area contributed by atoms with Crippen molar-refractivity contribution in [3.05, 3.63) is 28.8 Å². The molecule has 7 nitrogen and oxygen atoms in total. The van der Waals surface area contributed by atoms with Gasteiger partial charge in [0.25, 0.3) is 0 Å². The maximum absolute atomic E-state index is 12.7. The molecule has 0 spiro atoms. The number of rotatable bonds is 4. The minimum Gasteiger partial charge on any atom is -0.339 e. The van der Waals surface area contributed by atoms with Crippen LogP contribution in [0.1, 0.15) is 5.56 Å². The van der Waals surface area contributed by atoms with Crippen LogP contribution in [0.4, 0.5) is 0 Å². The van der Waals surface area contributed by atoms with E-state index in [9.17, 15) is 13.2 Å². The molecule has 1 aromatic rings. The third-order valence-corrected chi connectivity index (χ3v) is 5.95. The summed E-state index contributed by atoms with van der Waals surface area (Å²) < 4.78 is 26.7. The van der Waals surface area contributed by atoms with Crippen LogP contribution in [-0.4, -0.2) is 75.2 Å². The number of benzene rings is 1. The highest BCUT2D eigenvalue weighted by atomic mass is 35.5. The van der Waals surface area contributed by atoms with Gasteiger partial charge < -0.3 is 9.80 Å². The Bertz CT molecular complexity index is 765. The molecular formula is C15H19ClN4O3S. The second-order valence-corrected chi connectivity index (χ2v) is 8.12. The average molecular weight is 371 g/mol. The topological polar surface area (TPSA) is 84.7 Å². The van der Waals surface area contributed by atoms with E-state index in [1.165, 1.54) is 22.5 Å². The summed E-state index contributed by atoms with van der Waals surface area (Å²) in [4.78, 5) is 15.5. The van der Waals surface area contributed by atoms with Crippen molar-refractivity contribution < 1.29 is 13.2 Å². The summed E-state index contributed by atoms with van der Waals surface area (Å²) >= 11 is 5.92. The molecule has 0 aromatic heterocycles. The molecule has 0 N–H and O–H groups in total. The highest BCUT2D eigenvalue weighted by Crippen LogP contribution is 2.23. The summed E-state index contributed by atoms with van der Waals surface area (Å²) in [6.07, 6.45) is 0. The van der Waals surface area contributed by atoms with E-state index < -0.39 is 10.0 Å². The molecule has 1 aliphatic rings. The number of hydrogen-bond acceptors (Lipinski definition) is 5. The van der Waals surface area contributed by atoms with Gasteiger partial charge in [-0.15, -0.1) is 0 Å². The number of carbonyl (C=O) groups is 1. The molecule has 0 atom stereocenters. The fraction of sp³-hybridized carbons (Fsp3) is 0.467. The number of hydrogen-bond donors (Lipinski definition) is 0. The lowest BCUT2D eigenvalue weighted by Gasteiger charge is -2.34. The average Bonchev–Trinajstić information content (AvgIpc) is 2.54. The minimum absolute atomic E-state index is 0.0153. The van der Waals surface area contributed by atoms with E-state index in [2.05, 4.69) is 0 Å². The standard InChI is InChI=1S/C15H19ClN4O3S/c1-18(2)11-15(21)19-5-7-20(8-6-19)24(22,23)13-4-3-12(10-17)14(16)9-13/h3-4,9H,5-8,11H2,1-2H3. The van der Waals surface area contributed by atoms with Crippen LogP contribution in [0.5, 0.6) is 0 Å². The Balaban J connectivity index is 2.09. The Morgan fingerprint density at radius 1 is 1.29 bits per heavy atom. The van der Waals surface area contributed by atoms with Gasteiger partial charge in [0.2, 0.25) is 15.9 Å². The van der Waals surface area contributed by atoms with Gasteiger partial charge >= 0.3 is 0 Å². The van der Waals surface area contributed by atoms with Crippen molar-refractivity contribution in [1.82, 2.24) is 14.1 Å². The first-order valence-electron chi connectivity index (χ1n) is 7.38. The zero-order valence-corrected chi connectivity index (χ0v) is 15.1. The van der Waals surface area contributed by atoms with Crippen molar-refractivity contribution in [3.8, 4) is 6.07 Å². The molecule has 0 radical (unpaired) electrons. The number of sulfonamides is 1. The van der Waals surface area contributed by atoms with Gasteiger partial charge in [-0.1, -0.05) is 11.6 Å². The van der Waals surface area contributed by atoms with Crippen molar-refractivity contribution in [1.29, 1.82) is 5.26 Å². The molecule has 1 aliphatic heterocycles. The second-order valence-electron chi connectivity index (χ2n) is 5.78. The summed E-state index contributed by atoms with van der Waals surface area (Å²) in [5.74, 6) is -0.0153. The van der Waals surface area contributed by atoms with Gasteiger partial charge in [-0.2, -0.15) is 9.57 Å². The van der Waals surface area contributed by atoms with Crippen LogP contribution in [-0.2, 0) is 14.8 Å². The third kappa shape index (κ3) is 4.05. The molecule has 130 valence electrons. The van der Waals surface area contributed by atoms with E-state index in [0.717, 1.165) is 0 Å². The number of halogens is 1. The molecule has 1 heterocycles. The largest absolute Gasteiger partial charge is 0.339 e. The van der Waals surface area contributed by atoms with Gasteiger partial charge in [-0.25, -0.2) is 8.42 Å². The number of nitriles is 1. The number of piperazine rings is 1. The van der Waals surface area contributed by atoms with Crippen LogP contribution >= 0.6 is 11.6 Å². The van der Waals surface area contributed by atoms with Crippen LogP contribution < -0.4 is 0 Å². The van der Waals surface area contributed by atoms with E-state index in [4.69, 9.17) is 16.9 Å². The lowest BCUT2D eigenvalue weighted by molar-refractivity contribution is -0.133. The molecule has 1 aromatic carbocycles. The molecule has 0 unspecified atom stereocenters. The van der Waals surface area contributed by atoms with Crippen LogP contribution in [0.2, 0.25) is 5.02 Å². The number of amides is 1. The van der Waals surface area contributed by atoms with Gasteiger partial charge in [0.15, 0.2) is 0 Å². The normalized spacial score (nSPS) is 16.2. The predicted octanol–water partition coefficient (Wildman–Crippen LogP) is 0.606. The Kier molecular flexibility index (Phi) is 5.83. The van der Waals surface area contributed by atoms with E-state index >= 15 is 0 Å². The molecule has 9 heteroatoms. The third-order valence-electron chi connectivity index (χ3n) is 3.74. The Morgan fingerprint density at radius 3 is 2.42 bits per heavy atom. The first kappa shape index (κ1) is 18.7. The van der Waals surface area contributed by atoms with Crippen molar-refractivity contribution in [2.24, 2.45) is 0 Å². The zero-order valence-electron chi connectivity index (χ0n) is 13.6. The van der Waals surface area contributed by atoms with Crippen molar-refractivity contribution >= 4 is 27.5 Å². The quantitative estimate of drug-likeness (QED) is 0.775. The van der Waals surface area contributed by atoms with Gasteiger partial charge in [0.1, 0.15) is 6.07 Å². The fourth-order valence-electron chi connectivity index (χ4n) is 2.44. The molecule has 0 aliphatic carbocycles.